The minimum atomic E-state index is -0.555. The maximum absolute atomic E-state index is 12.6. The summed E-state index contributed by atoms with van der Waals surface area (Å²) in [6, 6.07) is 9.22. The average Bonchev–Trinajstić information content (AvgIpc) is 2.97. The van der Waals surface area contributed by atoms with Crippen LogP contribution in [0.1, 0.15) is 17.3 Å². The van der Waals surface area contributed by atoms with Crippen LogP contribution < -0.4 is 5.32 Å². The molecule has 0 radical (unpaired) electrons. The minimum Gasteiger partial charge on any atom is -0.462 e. The lowest BCUT2D eigenvalue weighted by Crippen LogP contribution is -2.38. The lowest BCUT2D eigenvalue weighted by atomic mass is 10.0. The molecule has 2 rings (SSSR count). The van der Waals surface area contributed by atoms with Gasteiger partial charge in [-0.25, -0.2) is 4.79 Å². The molecule has 7 nitrogen and oxygen atoms in total. The van der Waals surface area contributed by atoms with E-state index in [-0.39, 0.29) is 37.1 Å². The molecule has 0 saturated heterocycles. The van der Waals surface area contributed by atoms with Crippen LogP contribution in [0.4, 0.5) is 5.00 Å². The van der Waals surface area contributed by atoms with Crippen molar-refractivity contribution in [3.63, 3.8) is 0 Å². The summed E-state index contributed by atoms with van der Waals surface area (Å²) in [4.78, 5) is 39.9. The molecule has 0 saturated carbocycles. The van der Waals surface area contributed by atoms with Gasteiger partial charge in [-0.15, -0.1) is 11.3 Å². The molecule has 1 aromatic carbocycles. The van der Waals surface area contributed by atoms with E-state index in [1.807, 2.05) is 30.3 Å². The van der Waals surface area contributed by atoms with Gasteiger partial charge in [-0.05, 0) is 19.5 Å². The van der Waals surface area contributed by atoms with Gasteiger partial charge in [-0.1, -0.05) is 41.9 Å². The lowest BCUT2D eigenvalue weighted by Gasteiger charge is -2.18. The van der Waals surface area contributed by atoms with E-state index in [1.165, 1.54) is 4.90 Å². The van der Waals surface area contributed by atoms with E-state index in [9.17, 15) is 14.4 Å². The molecule has 1 N–H and O–H groups in total. The zero-order valence-corrected chi connectivity index (χ0v) is 18.4. The topological polar surface area (TPSA) is 79.0 Å². The van der Waals surface area contributed by atoms with E-state index in [4.69, 9.17) is 16.3 Å². The number of rotatable bonds is 8. The first-order chi connectivity index (χ1) is 13.7. The smallest absolute Gasteiger partial charge is 0.341 e. The molecular weight excluding hydrogens is 414 g/mol. The van der Waals surface area contributed by atoms with Gasteiger partial charge in [0.2, 0.25) is 11.8 Å². The highest BCUT2D eigenvalue weighted by Gasteiger charge is 2.26. The van der Waals surface area contributed by atoms with Crippen LogP contribution in [-0.4, -0.2) is 68.4 Å². The number of ether oxygens (including phenoxy) is 1. The van der Waals surface area contributed by atoms with Gasteiger partial charge in [0.1, 0.15) is 14.9 Å². The Balaban J connectivity index is 2.27. The molecular formula is C20H24ClN3O4S. The molecule has 29 heavy (non-hydrogen) atoms. The van der Waals surface area contributed by atoms with Crippen molar-refractivity contribution < 1.29 is 19.1 Å². The molecule has 1 aromatic heterocycles. The molecule has 0 spiro atoms. The van der Waals surface area contributed by atoms with Crippen molar-refractivity contribution in [2.45, 2.75) is 6.92 Å². The normalized spacial score (nSPS) is 10.7. The summed E-state index contributed by atoms with van der Waals surface area (Å²) in [6.07, 6.45) is 0. The first-order valence-corrected chi connectivity index (χ1v) is 10.2. The summed E-state index contributed by atoms with van der Waals surface area (Å²) in [7, 11) is 4.98. The fourth-order valence-electron chi connectivity index (χ4n) is 2.59. The predicted octanol–water partition coefficient (Wildman–Crippen LogP) is 3.20. The van der Waals surface area contributed by atoms with Crippen LogP contribution in [0.3, 0.4) is 0 Å². The molecule has 1 heterocycles. The zero-order valence-electron chi connectivity index (χ0n) is 16.8. The number of thiophene rings is 1. The van der Waals surface area contributed by atoms with Gasteiger partial charge in [-0.3, -0.25) is 14.5 Å². The fourth-order valence-corrected chi connectivity index (χ4v) is 3.98. The van der Waals surface area contributed by atoms with Crippen molar-refractivity contribution in [2.75, 3.05) is 46.2 Å². The van der Waals surface area contributed by atoms with Crippen LogP contribution in [0, 0.1) is 0 Å². The maximum atomic E-state index is 12.6. The number of carbonyl (C=O) groups excluding carboxylic acids is 3. The van der Waals surface area contributed by atoms with Crippen LogP contribution in [0.15, 0.2) is 30.3 Å². The highest BCUT2D eigenvalue weighted by molar-refractivity contribution is 7.21. The standard InChI is InChI=1S/C20H24ClN3O4S/c1-5-28-20(27)17-16(13-9-7-6-8-10-13)18(21)29-19(17)22-14(25)11-24(4)12-15(26)23(2)3/h6-10H,5,11-12H2,1-4H3,(H,22,25). The fraction of sp³-hybridized carbons (Fsp3) is 0.350. The van der Waals surface area contributed by atoms with E-state index in [1.54, 1.807) is 33.0 Å². The summed E-state index contributed by atoms with van der Waals surface area (Å²) in [6.45, 7) is 2.00. The van der Waals surface area contributed by atoms with Crippen molar-refractivity contribution in [3.8, 4) is 11.1 Å². The number of benzene rings is 1. The predicted molar refractivity (Wildman–Crippen MR) is 116 cm³/mol. The molecule has 9 heteroatoms. The molecule has 0 bridgehead atoms. The van der Waals surface area contributed by atoms with E-state index < -0.39 is 5.97 Å². The lowest BCUT2D eigenvalue weighted by molar-refractivity contribution is -0.130. The highest BCUT2D eigenvalue weighted by atomic mass is 35.5. The second-order valence-electron chi connectivity index (χ2n) is 6.55. The Labute approximate surface area is 179 Å². The second-order valence-corrected chi connectivity index (χ2v) is 8.17. The van der Waals surface area contributed by atoms with Crippen molar-refractivity contribution in [1.82, 2.24) is 9.80 Å². The summed E-state index contributed by atoms with van der Waals surface area (Å²) in [5.74, 6) is -1.03. The second kappa shape index (κ2) is 10.4. The monoisotopic (exact) mass is 437 g/mol. The molecule has 0 fully saturated rings. The molecule has 0 aliphatic heterocycles. The third kappa shape index (κ3) is 6.03. The van der Waals surface area contributed by atoms with Gasteiger partial charge in [0.25, 0.3) is 0 Å². The number of amides is 2. The Kier molecular flexibility index (Phi) is 8.19. The number of hydrogen-bond donors (Lipinski definition) is 1. The highest BCUT2D eigenvalue weighted by Crippen LogP contribution is 2.43. The molecule has 0 aliphatic carbocycles. The van der Waals surface area contributed by atoms with Gasteiger partial charge in [-0.2, -0.15) is 0 Å². The van der Waals surface area contributed by atoms with Gasteiger partial charge < -0.3 is 15.0 Å². The summed E-state index contributed by atoms with van der Waals surface area (Å²) in [5, 5.41) is 3.07. The van der Waals surface area contributed by atoms with Gasteiger partial charge in [0, 0.05) is 19.7 Å². The maximum Gasteiger partial charge on any atom is 0.341 e. The minimum absolute atomic E-state index is 0.0158. The number of likely N-dealkylation sites (N-methyl/N-ethyl adjacent to an activating group) is 2. The third-order valence-electron chi connectivity index (χ3n) is 3.98. The number of halogens is 1. The molecule has 156 valence electrons. The first kappa shape index (κ1) is 22.9. The zero-order chi connectivity index (χ0) is 21.6. The summed E-state index contributed by atoms with van der Waals surface area (Å²) in [5.41, 5.74) is 1.52. The quantitative estimate of drug-likeness (QED) is 0.641. The van der Waals surface area contributed by atoms with Crippen molar-refractivity contribution in [3.05, 3.63) is 40.2 Å². The number of hydrogen-bond acceptors (Lipinski definition) is 6. The van der Waals surface area contributed by atoms with Crippen LogP contribution in [-0.2, 0) is 14.3 Å². The van der Waals surface area contributed by atoms with Crippen LogP contribution in [0.2, 0.25) is 4.34 Å². The van der Waals surface area contributed by atoms with E-state index in [2.05, 4.69) is 5.32 Å². The molecule has 0 atom stereocenters. The summed E-state index contributed by atoms with van der Waals surface area (Å²) < 4.78 is 5.56. The van der Waals surface area contributed by atoms with Crippen molar-refractivity contribution in [1.29, 1.82) is 0 Å². The molecule has 0 unspecified atom stereocenters. The summed E-state index contributed by atoms with van der Waals surface area (Å²) >= 11 is 7.52. The SMILES string of the molecule is CCOC(=O)c1c(NC(=O)CN(C)CC(=O)N(C)C)sc(Cl)c1-c1ccccc1. The van der Waals surface area contributed by atoms with Gasteiger partial charge >= 0.3 is 5.97 Å². The van der Waals surface area contributed by atoms with E-state index in [0.717, 1.165) is 16.9 Å². The van der Waals surface area contributed by atoms with Crippen LogP contribution >= 0.6 is 22.9 Å². The molecule has 0 aliphatic rings. The van der Waals surface area contributed by atoms with Crippen molar-refractivity contribution in [2.24, 2.45) is 0 Å². The van der Waals surface area contributed by atoms with Crippen molar-refractivity contribution >= 4 is 45.7 Å². The molecule has 2 amide bonds. The van der Waals surface area contributed by atoms with E-state index >= 15 is 0 Å². The Morgan fingerprint density at radius 2 is 1.76 bits per heavy atom. The Bertz CT molecular complexity index is 883. The average molecular weight is 438 g/mol. The van der Waals surface area contributed by atoms with Crippen LogP contribution in [0.5, 0.6) is 0 Å². The van der Waals surface area contributed by atoms with E-state index in [0.29, 0.717) is 14.9 Å². The Morgan fingerprint density at radius 1 is 1.10 bits per heavy atom. The van der Waals surface area contributed by atoms with Gasteiger partial charge in [0.15, 0.2) is 0 Å². The number of anilines is 1. The number of nitrogens with zero attached hydrogens (tertiary/aromatic N) is 2. The number of esters is 1. The Morgan fingerprint density at radius 3 is 2.34 bits per heavy atom. The molecule has 2 aromatic rings. The number of nitrogens with one attached hydrogen (secondary N) is 1. The number of carbonyl (C=O) groups is 3. The van der Waals surface area contributed by atoms with Gasteiger partial charge in [0.05, 0.1) is 19.7 Å². The third-order valence-corrected chi connectivity index (χ3v) is 5.29. The largest absolute Gasteiger partial charge is 0.462 e. The first-order valence-electron chi connectivity index (χ1n) is 8.98. The van der Waals surface area contributed by atoms with Crippen LogP contribution in [0.25, 0.3) is 11.1 Å². The Hall–Kier alpha value is -2.42.